The summed E-state index contributed by atoms with van der Waals surface area (Å²) in [6, 6.07) is 10.3. The van der Waals surface area contributed by atoms with Crippen LogP contribution in [0, 0.1) is 0 Å². The highest BCUT2D eigenvalue weighted by atomic mass is 16.7. The predicted octanol–water partition coefficient (Wildman–Crippen LogP) is 4.66. The van der Waals surface area contributed by atoms with Gasteiger partial charge in [-0.3, -0.25) is 0 Å². The molecule has 19 heavy (non-hydrogen) atoms. The molecule has 1 aromatic rings. The van der Waals surface area contributed by atoms with E-state index in [1.54, 1.807) is 0 Å². The average Bonchev–Trinajstić information content (AvgIpc) is 2.43. The molecule has 0 bridgehead atoms. The summed E-state index contributed by atoms with van der Waals surface area (Å²) in [5, 5.41) is 0. The Morgan fingerprint density at radius 1 is 1.16 bits per heavy atom. The van der Waals surface area contributed by atoms with Crippen LogP contribution in [0.1, 0.15) is 45.6 Å². The maximum Gasteiger partial charge on any atom is 0.155 e. The molecule has 2 unspecified atom stereocenters. The highest BCUT2D eigenvalue weighted by molar-refractivity contribution is 5.49. The van der Waals surface area contributed by atoms with E-state index in [0.29, 0.717) is 6.61 Å². The van der Waals surface area contributed by atoms with Crippen molar-refractivity contribution in [1.82, 2.24) is 0 Å². The second-order valence-corrected chi connectivity index (χ2v) is 4.61. The second kappa shape index (κ2) is 9.76. The van der Waals surface area contributed by atoms with Crippen molar-refractivity contribution in [3.8, 4) is 0 Å². The predicted molar refractivity (Wildman–Crippen MR) is 81.0 cm³/mol. The summed E-state index contributed by atoms with van der Waals surface area (Å²) in [5.41, 5.74) is 1.21. The quantitative estimate of drug-likeness (QED) is 0.603. The molecule has 0 aliphatic carbocycles. The van der Waals surface area contributed by atoms with Crippen LogP contribution in [-0.2, 0) is 9.47 Å². The maximum atomic E-state index is 5.91. The standard InChI is InChI=1S/C17H26O2/c1-4-6-12-17(19-15(3)18-5-2)14-13-16-10-8-7-9-11-16/h7-11,13-15,17H,4-6,12H2,1-3H3/b14-13+. The highest BCUT2D eigenvalue weighted by Gasteiger charge is 2.09. The van der Waals surface area contributed by atoms with Crippen molar-refractivity contribution in [3.63, 3.8) is 0 Å². The molecule has 0 saturated carbocycles. The first-order valence-corrected chi connectivity index (χ1v) is 7.26. The number of rotatable bonds is 9. The minimum atomic E-state index is -0.146. The van der Waals surface area contributed by atoms with Gasteiger partial charge in [-0.1, -0.05) is 62.2 Å². The first-order chi connectivity index (χ1) is 9.26. The number of hydrogen-bond donors (Lipinski definition) is 0. The van der Waals surface area contributed by atoms with Crippen LogP contribution in [0.2, 0.25) is 0 Å². The largest absolute Gasteiger partial charge is 0.353 e. The molecule has 0 amide bonds. The van der Waals surface area contributed by atoms with Gasteiger partial charge >= 0.3 is 0 Å². The smallest absolute Gasteiger partial charge is 0.155 e. The van der Waals surface area contributed by atoms with Crippen LogP contribution in [0.4, 0.5) is 0 Å². The molecule has 0 aromatic heterocycles. The van der Waals surface area contributed by atoms with Gasteiger partial charge in [0.1, 0.15) is 0 Å². The summed E-state index contributed by atoms with van der Waals surface area (Å²) in [6.45, 7) is 6.83. The Kier molecular flexibility index (Phi) is 8.19. The lowest BCUT2D eigenvalue weighted by molar-refractivity contribution is -0.147. The van der Waals surface area contributed by atoms with Gasteiger partial charge in [0.25, 0.3) is 0 Å². The van der Waals surface area contributed by atoms with Gasteiger partial charge in [0.05, 0.1) is 6.10 Å². The monoisotopic (exact) mass is 262 g/mol. The van der Waals surface area contributed by atoms with Crippen LogP contribution in [0.15, 0.2) is 36.4 Å². The Labute approximate surface area is 117 Å². The van der Waals surface area contributed by atoms with Crippen molar-refractivity contribution >= 4 is 6.08 Å². The third kappa shape index (κ3) is 7.14. The van der Waals surface area contributed by atoms with E-state index in [4.69, 9.17) is 9.47 Å². The van der Waals surface area contributed by atoms with Gasteiger partial charge in [-0.05, 0) is 25.8 Å². The van der Waals surface area contributed by atoms with Gasteiger partial charge in [0.2, 0.25) is 0 Å². The van der Waals surface area contributed by atoms with Crippen molar-refractivity contribution in [1.29, 1.82) is 0 Å². The molecule has 0 fully saturated rings. The highest BCUT2D eigenvalue weighted by Crippen LogP contribution is 2.12. The fraction of sp³-hybridized carbons (Fsp3) is 0.529. The molecular weight excluding hydrogens is 236 g/mol. The summed E-state index contributed by atoms with van der Waals surface area (Å²) in [4.78, 5) is 0. The number of unbranched alkanes of at least 4 members (excludes halogenated alkanes) is 1. The summed E-state index contributed by atoms with van der Waals surface area (Å²) < 4.78 is 11.4. The lowest BCUT2D eigenvalue weighted by Gasteiger charge is -2.19. The van der Waals surface area contributed by atoms with Crippen molar-refractivity contribution in [3.05, 3.63) is 42.0 Å². The molecule has 0 spiro atoms. The molecule has 106 valence electrons. The maximum absolute atomic E-state index is 5.91. The molecule has 2 nitrogen and oxygen atoms in total. The molecule has 2 atom stereocenters. The van der Waals surface area contributed by atoms with Crippen LogP contribution >= 0.6 is 0 Å². The minimum Gasteiger partial charge on any atom is -0.353 e. The molecule has 1 rings (SSSR count). The molecule has 1 aromatic carbocycles. The van der Waals surface area contributed by atoms with Gasteiger partial charge in [-0.2, -0.15) is 0 Å². The van der Waals surface area contributed by atoms with Crippen LogP contribution in [-0.4, -0.2) is 19.0 Å². The van der Waals surface area contributed by atoms with E-state index in [-0.39, 0.29) is 12.4 Å². The van der Waals surface area contributed by atoms with Gasteiger partial charge in [-0.15, -0.1) is 0 Å². The van der Waals surface area contributed by atoms with E-state index in [1.165, 1.54) is 18.4 Å². The Balaban J connectivity index is 2.55. The van der Waals surface area contributed by atoms with Crippen molar-refractivity contribution in [2.45, 2.75) is 52.4 Å². The lowest BCUT2D eigenvalue weighted by atomic mass is 10.1. The normalized spacial score (nSPS) is 14.7. The van der Waals surface area contributed by atoms with Crippen LogP contribution in [0.3, 0.4) is 0 Å². The van der Waals surface area contributed by atoms with Gasteiger partial charge in [0.15, 0.2) is 6.29 Å². The molecule has 0 saturated heterocycles. The summed E-state index contributed by atoms with van der Waals surface area (Å²) in [5.74, 6) is 0. The average molecular weight is 262 g/mol. The minimum absolute atomic E-state index is 0.127. The third-order valence-electron chi connectivity index (χ3n) is 2.91. The first-order valence-electron chi connectivity index (χ1n) is 7.26. The Bertz CT molecular complexity index is 346. The van der Waals surface area contributed by atoms with Crippen molar-refractivity contribution in [2.24, 2.45) is 0 Å². The zero-order chi connectivity index (χ0) is 13.9. The van der Waals surface area contributed by atoms with E-state index in [1.807, 2.05) is 32.0 Å². The zero-order valence-electron chi connectivity index (χ0n) is 12.3. The number of benzene rings is 1. The second-order valence-electron chi connectivity index (χ2n) is 4.61. The van der Waals surface area contributed by atoms with E-state index in [2.05, 4.69) is 31.2 Å². The Morgan fingerprint density at radius 3 is 2.53 bits per heavy atom. The van der Waals surface area contributed by atoms with Crippen molar-refractivity contribution in [2.75, 3.05) is 6.61 Å². The number of hydrogen-bond acceptors (Lipinski definition) is 2. The molecule has 0 N–H and O–H groups in total. The van der Waals surface area contributed by atoms with Crippen LogP contribution in [0.5, 0.6) is 0 Å². The van der Waals surface area contributed by atoms with Crippen LogP contribution < -0.4 is 0 Å². The zero-order valence-corrected chi connectivity index (χ0v) is 12.3. The Morgan fingerprint density at radius 2 is 1.89 bits per heavy atom. The van der Waals surface area contributed by atoms with E-state index < -0.39 is 0 Å². The van der Waals surface area contributed by atoms with E-state index >= 15 is 0 Å². The first kappa shape index (κ1) is 15.9. The van der Waals surface area contributed by atoms with Gasteiger partial charge in [0, 0.05) is 6.61 Å². The molecular formula is C17H26O2. The fourth-order valence-electron chi connectivity index (χ4n) is 1.92. The summed E-state index contributed by atoms with van der Waals surface area (Å²) in [7, 11) is 0. The van der Waals surface area contributed by atoms with Gasteiger partial charge in [-0.25, -0.2) is 0 Å². The molecule has 0 radical (unpaired) electrons. The van der Waals surface area contributed by atoms with Crippen molar-refractivity contribution < 1.29 is 9.47 Å². The van der Waals surface area contributed by atoms with Crippen LogP contribution in [0.25, 0.3) is 6.08 Å². The lowest BCUT2D eigenvalue weighted by Crippen LogP contribution is -2.20. The molecule has 0 heterocycles. The van der Waals surface area contributed by atoms with E-state index in [0.717, 1.165) is 6.42 Å². The summed E-state index contributed by atoms with van der Waals surface area (Å²) >= 11 is 0. The fourth-order valence-corrected chi connectivity index (χ4v) is 1.92. The molecule has 2 heteroatoms. The molecule has 0 aliphatic heterocycles. The van der Waals surface area contributed by atoms with E-state index in [9.17, 15) is 0 Å². The third-order valence-corrected chi connectivity index (χ3v) is 2.91. The summed E-state index contributed by atoms with van der Waals surface area (Å²) in [6.07, 6.45) is 7.63. The van der Waals surface area contributed by atoms with Gasteiger partial charge < -0.3 is 9.47 Å². The molecule has 0 aliphatic rings. The number of ether oxygens (including phenoxy) is 2. The SMILES string of the molecule is CCCCC(/C=C/c1ccccc1)OC(C)OCC. The topological polar surface area (TPSA) is 18.5 Å². The Hall–Kier alpha value is -1.12.